The monoisotopic (exact) mass is 744 g/mol. The van der Waals surface area contributed by atoms with E-state index in [-0.39, 0.29) is 57.1 Å². The molecule has 4 amide bonds. The second-order valence-electron chi connectivity index (χ2n) is 12.9. The lowest BCUT2D eigenvalue weighted by atomic mass is 10.0. The number of aliphatic carboxylic acids is 3. The summed E-state index contributed by atoms with van der Waals surface area (Å²) < 4.78 is 10.8. The number of ether oxygens (including phenoxy) is 2. The number of rotatable bonds is 36. The highest BCUT2D eigenvalue weighted by atomic mass is 16.5. The molecule has 0 aromatic heterocycles. The molecule has 0 fully saturated rings. The van der Waals surface area contributed by atoms with E-state index in [1.807, 2.05) is 0 Å². The van der Waals surface area contributed by atoms with E-state index in [1.165, 1.54) is 12.8 Å². The zero-order valence-corrected chi connectivity index (χ0v) is 31.1. The molecule has 7 N–H and O–H groups in total. The molecule has 2 atom stereocenters. The first-order valence-electron chi connectivity index (χ1n) is 18.8. The topological polar surface area (TPSA) is 247 Å². The van der Waals surface area contributed by atoms with Gasteiger partial charge >= 0.3 is 17.9 Å². The maximum Gasteiger partial charge on any atom is 0.326 e. The van der Waals surface area contributed by atoms with E-state index in [0.29, 0.717) is 58.6 Å². The molecular weight excluding hydrogens is 680 g/mol. The Morgan fingerprint density at radius 1 is 0.462 bits per heavy atom. The Hall–Kier alpha value is -3.79. The van der Waals surface area contributed by atoms with Gasteiger partial charge in [-0.05, 0) is 32.1 Å². The van der Waals surface area contributed by atoms with Crippen molar-refractivity contribution in [3.05, 3.63) is 0 Å². The third kappa shape index (κ3) is 32.1. The van der Waals surface area contributed by atoms with Crippen molar-refractivity contribution in [1.82, 2.24) is 21.3 Å². The van der Waals surface area contributed by atoms with Gasteiger partial charge in [0.2, 0.25) is 23.6 Å². The molecule has 0 radical (unpaired) electrons. The van der Waals surface area contributed by atoms with Crippen molar-refractivity contribution in [2.24, 2.45) is 5.92 Å². The Labute approximate surface area is 307 Å². The first-order chi connectivity index (χ1) is 24.9. The number of carboxylic acids is 3. The fraction of sp³-hybridized carbons (Fsp3) is 0.806. The molecule has 0 aromatic carbocycles. The first kappa shape index (κ1) is 48.2. The van der Waals surface area contributed by atoms with Gasteiger partial charge < -0.3 is 46.1 Å². The van der Waals surface area contributed by atoms with Crippen LogP contribution in [-0.2, 0) is 43.0 Å². The van der Waals surface area contributed by atoms with Crippen LogP contribution < -0.4 is 21.3 Å². The molecule has 0 aliphatic carbocycles. The number of nitrogens with one attached hydrogen (secondary N) is 4. The van der Waals surface area contributed by atoms with Crippen LogP contribution in [0.5, 0.6) is 0 Å². The summed E-state index contributed by atoms with van der Waals surface area (Å²) in [6, 6.07) is -1.28. The lowest BCUT2D eigenvalue weighted by Gasteiger charge is -2.14. The van der Waals surface area contributed by atoms with Crippen molar-refractivity contribution in [1.29, 1.82) is 0 Å². The Morgan fingerprint density at radius 3 is 1.44 bits per heavy atom. The molecule has 0 heterocycles. The molecule has 0 saturated heterocycles. The van der Waals surface area contributed by atoms with E-state index < -0.39 is 41.7 Å². The molecule has 0 rings (SSSR count). The van der Waals surface area contributed by atoms with E-state index in [2.05, 4.69) is 21.3 Å². The summed E-state index contributed by atoms with van der Waals surface area (Å²) in [7, 11) is 0. The number of carbonyl (C=O) groups is 7. The van der Waals surface area contributed by atoms with Crippen molar-refractivity contribution in [3.8, 4) is 0 Å². The lowest BCUT2D eigenvalue weighted by Crippen LogP contribution is -2.42. The van der Waals surface area contributed by atoms with E-state index >= 15 is 0 Å². The fourth-order valence-corrected chi connectivity index (χ4v) is 5.04. The predicted molar refractivity (Wildman–Crippen MR) is 192 cm³/mol. The molecule has 0 saturated carbocycles. The molecule has 300 valence electrons. The maximum absolute atomic E-state index is 12.2. The summed E-state index contributed by atoms with van der Waals surface area (Å²) in [5.41, 5.74) is 0. The molecule has 52 heavy (non-hydrogen) atoms. The molecule has 0 bridgehead atoms. The van der Waals surface area contributed by atoms with Crippen LogP contribution in [0.3, 0.4) is 0 Å². The first-order valence-corrected chi connectivity index (χ1v) is 18.8. The Balaban J connectivity index is 3.69. The number of hydrogen-bond donors (Lipinski definition) is 7. The van der Waals surface area contributed by atoms with Crippen molar-refractivity contribution in [2.45, 2.75) is 135 Å². The van der Waals surface area contributed by atoms with E-state index in [4.69, 9.17) is 19.7 Å². The average molecular weight is 745 g/mol. The van der Waals surface area contributed by atoms with E-state index in [1.54, 1.807) is 6.92 Å². The van der Waals surface area contributed by atoms with E-state index in [9.17, 15) is 38.7 Å². The van der Waals surface area contributed by atoms with Gasteiger partial charge in [-0.15, -0.1) is 0 Å². The maximum atomic E-state index is 12.2. The van der Waals surface area contributed by atoms with Crippen LogP contribution in [0.15, 0.2) is 0 Å². The number of carboxylic acid groups (broad SMARTS) is 3. The van der Waals surface area contributed by atoms with E-state index in [0.717, 1.165) is 51.4 Å². The SMILES string of the molecule is C[C@@H](CCCCNC(=O)CC[C@H](NC(=O)CCC(=O)NCCOCCOCCNC(=O)CCCCCCCCCCCCC(=O)O)C(=O)O)C(=O)O. The van der Waals surface area contributed by atoms with Crippen LogP contribution in [0.1, 0.15) is 129 Å². The van der Waals surface area contributed by atoms with Crippen molar-refractivity contribution >= 4 is 41.5 Å². The van der Waals surface area contributed by atoms with Crippen LogP contribution in [0.2, 0.25) is 0 Å². The second kappa shape index (κ2) is 33.1. The quantitative estimate of drug-likeness (QED) is 0.0458. The highest BCUT2D eigenvalue weighted by Crippen LogP contribution is 2.12. The summed E-state index contributed by atoms with van der Waals surface area (Å²) in [5, 5.41) is 37.3. The van der Waals surface area contributed by atoms with Crippen molar-refractivity contribution in [3.63, 3.8) is 0 Å². The number of amides is 4. The third-order valence-electron chi connectivity index (χ3n) is 8.23. The normalized spacial score (nSPS) is 12.0. The largest absolute Gasteiger partial charge is 0.481 e. The van der Waals surface area contributed by atoms with Gasteiger partial charge in [-0.2, -0.15) is 0 Å². The van der Waals surface area contributed by atoms with Crippen LogP contribution in [0, 0.1) is 5.92 Å². The van der Waals surface area contributed by atoms with Crippen LogP contribution in [-0.4, -0.2) is 109 Å². The summed E-state index contributed by atoms with van der Waals surface area (Å²) in [6.45, 7) is 3.81. The number of hydrogen-bond acceptors (Lipinski definition) is 9. The second-order valence-corrected chi connectivity index (χ2v) is 12.9. The Bertz CT molecular complexity index is 1040. The summed E-state index contributed by atoms with van der Waals surface area (Å²) in [6.07, 6.45) is 12.3. The van der Waals surface area contributed by atoms with Gasteiger partial charge in [0.1, 0.15) is 6.04 Å². The molecular formula is C36H64N4O12. The molecule has 0 unspecified atom stereocenters. The number of carbonyl (C=O) groups excluding carboxylic acids is 4. The van der Waals surface area contributed by atoms with Gasteiger partial charge in [0.15, 0.2) is 0 Å². The van der Waals surface area contributed by atoms with Gasteiger partial charge in [-0.3, -0.25) is 28.8 Å². The van der Waals surface area contributed by atoms with Gasteiger partial charge in [0.25, 0.3) is 0 Å². The number of unbranched alkanes of at least 4 members (excludes halogenated alkanes) is 10. The fourth-order valence-electron chi connectivity index (χ4n) is 5.04. The van der Waals surface area contributed by atoms with Crippen molar-refractivity contribution < 1.29 is 58.4 Å². The third-order valence-corrected chi connectivity index (χ3v) is 8.23. The minimum absolute atomic E-state index is 0.00549. The van der Waals surface area contributed by atoms with Gasteiger partial charge in [-0.25, -0.2) is 4.79 Å². The molecule has 0 aliphatic rings. The molecule has 0 spiro atoms. The average Bonchev–Trinajstić information content (AvgIpc) is 3.09. The molecule has 16 heteroatoms. The minimum atomic E-state index is -1.29. The predicted octanol–water partition coefficient (Wildman–Crippen LogP) is 3.15. The highest BCUT2D eigenvalue weighted by molar-refractivity contribution is 5.87. The summed E-state index contributed by atoms with van der Waals surface area (Å²) >= 11 is 0. The van der Waals surface area contributed by atoms with Gasteiger partial charge in [-0.1, -0.05) is 64.7 Å². The summed E-state index contributed by atoms with van der Waals surface area (Å²) in [5.74, 6) is -4.72. The minimum Gasteiger partial charge on any atom is -0.481 e. The van der Waals surface area contributed by atoms with Crippen LogP contribution in [0.4, 0.5) is 0 Å². The lowest BCUT2D eigenvalue weighted by molar-refractivity contribution is -0.142. The molecule has 16 nitrogen and oxygen atoms in total. The zero-order valence-electron chi connectivity index (χ0n) is 31.1. The standard InChI is InChI=1S/C36H64N4O12/c1-28(35(47)48)14-12-13-21-37-31(42)18-17-29(36(49)50)40-33(44)20-19-32(43)39-23-25-52-27-26-51-24-22-38-30(41)15-10-8-6-4-2-3-5-7-9-11-16-34(45)46/h28-29H,2-27H2,1H3,(H,37,42)(H,38,41)(H,39,43)(H,40,44)(H,45,46)(H,47,48)(H,49,50)/t28-,29-/m0/s1. The van der Waals surface area contributed by atoms with Gasteiger partial charge in [0, 0.05) is 51.7 Å². The summed E-state index contributed by atoms with van der Waals surface area (Å²) in [4.78, 5) is 81.0. The zero-order chi connectivity index (χ0) is 38.8. The Kier molecular flexibility index (Phi) is 30.7. The molecule has 0 aliphatic heterocycles. The van der Waals surface area contributed by atoms with Crippen LogP contribution >= 0.6 is 0 Å². The Morgan fingerprint density at radius 2 is 0.923 bits per heavy atom. The smallest absolute Gasteiger partial charge is 0.326 e. The van der Waals surface area contributed by atoms with Crippen LogP contribution in [0.25, 0.3) is 0 Å². The van der Waals surface area contributed by atoms with Gasteiger partial charge in [0.05, 0.1) is 32.3 Å². The highest BCUT2D eigenvalue weighted by Gasteiger charge is 2.21. The van der Waals surface area contributed by atoms with Crippen molar-refractivity contribution in [2.75, 3.05) is 46.1 Å². The molecule has 0 aromatic rings.